The van der Waals surface area contributed by atoms with Crippen LogP contribution in [0.25, 0.3) is 11.0 Å². The number of para-hydroxylation sites is 2. The molecule has 4 aromatic rings. The number of H-pyrrole nitrogens is 1. The van der Waals surface area contributed by atoms with Crippen molar-refractivity contribution < 1.29 is 9.18 Å². The second-order valence-corrected chi connectivity index (χ2v) is 10.4. The number of imidazole rings is 1. The van der Waals surface area contributed by atoms with Crippen LogP contribution in [0, 0.1) is 5.82 Å². The molecule has 1 fully saturated rings. The highest BCUT2D eigenvalue weighted by molar-refractivity contribution is 7.99. The number of hydrogen-bond acceptors (Lipinski definition) is 4. The predicted octanol–water partition coefficient (Wildman–Crippen LogP) is 5.45. The third-order valence-electron chi connectivity index (χ3n) is 6.25. The topological polar surface area (TPSA) is 61.0 Å². The molecule has 0 aliphatic carbocycles. The van der Waals surface area contributed by atoms with Crippen molar-refractivity contribution in [3.05, 3.63) is 94.8 Å². The molecule has 1 aliphatic rings. The zero-order valence-electron chi connectivity index (χ0n) is 19.1. The van der Waals surface area contributed by atoms with E-state index in [-0.39, 0.29) is 23.0 Å². The maximum atomic E-state index is 13.5. The molecule has 2 atom stereocenters. The molecule has 0 saturated carbocycles. The number of thioether (sulfide) groups is 1. The summed E-state index contributed by atoms with van der Waals surface area (Å²) in [7, 11) is 0. The Morgan fingerprint density at radius 3 is 2.80 bits per heavy atom. The average Bonchev–Trinajstić information content (AvgIpc) is 3.44. The predicted molar refractivity (Wildman–Crippen MR) is 139 cm³/mol. The van der Waals surface area contributed by atoms with Crippen LogP contribution in [0.1, 0.15) is 17.5 Å². The first-order chi connectivity index (χ1) is 17.0. The summed E-state index contributed by atoms with van der Waals surface area (Å²) in [5.74, 6) is -0.276. The normalized spacial score (nSPS) is 18.2. The zero-order chi connectivity index (χ0) is 24.2. The van der Waals surface area contributed by atoms with E-state index in [1.165, 1.54) is 12.1 Å². The third-order valence-corrected chi connectivity index (χ3v) is 7.71. The van der Waals surface area contributed by atoms with Crippen molar-refractivity contribution in [3.8, 4) is 0 Å². The van der Waals surface area contributed by atoms with Crippen LogP contribution in [0.4, 0.5) is 4.39 Å². The van der Waals surface area contributed by atoms with Crippen molar-refractivity contribution >= 4 is 40.3 Å². The fraction of sp³-hybridized carbons (Fsp3) is 0.259. The van der Waals surface area contributed by atoms with Gasteiger partial charge in [-0.15, -0.1) is 0 Å². The van der Waals surface area contributed by atoms with E-state index < -0.39 is 0 Å². The van der Waals surface area contributed by atoms with Crippen LogP contribution < -0.4 is 5.32 Å². The summed E-state index contributed by atoms with van der Waals surface area (Å²) in [5.41, 5.74) is 3.81. The summed E-state index contributed by atoms with van der Waals surface area (Å²) >= 11 is 8.10. The van der Waals surface area contributed by atoms with Gasteiger partial charge in [0.1, 0.15) is 5.82 Å². The highest BCUT2D eigenvalue weighted by atomic mass is 35.5. The lowest BCUT2D eigenvalue weighted by molar-refractivity contribution is -0.125. The number of likely N-dealkylation sites (tertiary alicyclic amines) is 1. The fourth-order valence-electron chi connectivity index (χ4n) is 4.52. The smallest absolute Gasteiger partial charge is 0.237 e. The Labute approximate surface area is 213 Å². The molecule has 35 heavy (non-hydrogen) atoms. The third kappa shape index (κ3) is 5.86. The zero-order valence-corrected chi connectivity index (χ0v) is 20.7. The van der Waals surface area contributed by atoms with Gasteiger partial charge < -0.3 is 10.3 Å². The van der Waals surface area contributed by atoms with E-state index in [9.17, 15) is 9.18 Å². The summed E-state index contributed by atoms with van der Waals surface area (Å²) in [5, 5.41) is 4.83. The van der Waals surface area contributed by atoms with E-state index in [0.717, 1.165) is 33.9 Å². The number of aromatic nitrogens is 2. The molecule has 1 aliphatic heterocycles. The van der Waals surface area contributed by atoms with Crippen molar-refractivity contribution in [1.29, 1.82) is 0 Å². The number of nitrogens with zero attached hydrogens (tertiary/aromatic N) is 2. The number of aromatic amines is 1. The number of carbonyl (C=O) groups is 1. The number of amides is 1. The highest BCUT2D eigenvalue weighted by Crippen LogP contribution is 2.34. The van der Waals surface area contributed by atoms with Gasteiger partial charge in [-0.2, -0.15) is 0 Å². The van der Waals surface area contributed by atoms with Gasteiger partial charge in [-0.05, 0) is 54.3 Å². The molecule has 180 valence electrons. The van der Waals surface area contributed by atoms with Crippen LogP contribution in [0.2, 0.25) is 5.02 Å². The molecule has 0 spiro atoms. The number of benzene rings is 3. The van der Waals surface area contributed by atoms with Gasteiger partial charge in [-0.1, -0.05) is 65.8 Å². The van der Waals surface area contributed by atoms with Gasteiger partial charge >= 0.3 is 0 Å². The molecule has 0 radical (unpaired) electrons. The van der Waals surface area contributed by atoms with Crippen LogP contribution in [0.15, 0.2) is 78.0 Å². The molecule has 1 amide bonds. The van der Waals surface area contributed by atoms with Gasteiger partial charge in [0.15, 0.2) is 5.16 Å². The van der Waals surface area contributed by atoms with Gasteiger partial charge in [0.25, 0.3) is 0 Å². The van der Waals surface area contributed by atoms with Gasteiger partial charge in [0.2, 0.25) is 5.91 Å². The van der Waals surface area contributed by atoms with Crippen LogP contribution in [0.3, 0.4) is 0 Å². The van der Waals surface area contributed by atoms with Crippen molar-refractivity contribution in [3.63, 3.8) is 0 Å². The van der Waals surface area contributed by atoms with Gasteiger partial charge in [-0.25, -0.2) is 9.37 Å². The number of nitrogens with one attached hydrogen (secondary N) is 2. The number of rotatable bonds is 8. The number of carbonyl (C=O) groups excluding carboxylic acids is 1. The quantitative estimate of drug-likeness (QED) is 0.332. The average molecular weight is 509 g/mol. The van der Waals surface area contributed by atoms with E-state index in [1.54, 1.807) is 17.8 Å². The second kappa shape index (κ2) is 10.8. The Morgan fingerprint density at radius 1 is 1.14 bits per heavy atom. The summed E-state index contributed by atoms with van der Waals surface area (Å²) in [6, 6.07) is 21.9. The van der Waals surface area contributed by atoms with E-state index >= 15 is 0 Å². The summed E-state index contributed by atoms with van der Waals surface area (Å²) in [4.78, 5) is 23.5. The Kier molecular flexibility index (Phi) is 7.37. The number of fused-ring (bicyclic) bond motifs is 1. The minimum atomic E-state index is -0.277. The lowest BCUT2D eigenvalue weighted by Gasteiger charge is -2.24. The minimum absolute atomic E-state index is 0.0128. The molecule has 5 nitrogen and oxygen atoms in total. The van der Waals surface area contributed by atoms with Gasteiger partial charge in [0, 0.05) is 29.9 Å². The molecule has 1 aromatic heterocycles. The summed E-state index contributed by atoms with van der Waals surface area (Å²) < 4.78 is 13.5. The minimum Gasteiger partial charge on any atom is -0.354 e. The molecule has 5 rings (SSSR count). The van der Waals surface area contributed by atoms with E-state index in [2.05, 4.69) is 15.2 Å². The molecular formula is C27H26ClFN4OS. The number of halogens is 2. The molecule has 2 N–H and O–H groups in total. The number of hydrogen-bond donors (Lipinski definition) is 2. The van der Waals surface area contributed by atoms with Crippen molar-refractivity contribution in [1.82, 2.24) is 20.2 Å². The Bertz CT molecular complexity index is 1300. The van der Waals surface area contributed by atoms with Gasteiger partial charge in [-0.3, -0.25) is 9.69 Å². The molecule has 8 heteroatoms. The van der Waals surface area contributed by atoms with E-state index in [1.807, 2.05) is 54.6 Å². The van der Waals surface area contributed by atoms with Crippen molar-refractivity contribution in [2.75, 3.05) is 13.1 Å². The van der Waals surface area contributed by atoms with Gasteiger partial charge in [0.05, 0.1) is 17.1 Å². The van der Waals surface area contributed by atoms with Crippen molar-refractivity contribution in [2.24, 2.45) is 0 Å². The largest absolute Gasteiger partial charge is 0.354 e. The highest BCUT2D eigenvalue weighted by Gasteiger charge is 2.37. The Balaban J connectivity index is 1.27. The second-order valence-electron chi connectivity index (χ2n) is 8.74. The fourth-order valence-corrected chi connectivity index (χ4v) is 5.90. The first-order valence-corrected chi connectivity index (χ1v) is 12.9. The van der Waals surface area contributed by atoms with E-state index in [0.29, 0.717) is 31.0 Å². The van der Waals surface area contributed by atoms with Crippen LogP contribution >= 0.6 is 23.4 Å². The van der Waals surface area contributed by atoms with E-state index in [4.69, 9.17) is 16.6 Å². The SMILES string of the molecule is O=C(NCCc1cccc(F)c1)[C@@H]1C[C@@H](Sc2nc3ccccc3[nH]2)CN1Cc1ccccc1Cl. The van der Waals surface area contributed by atoms with Crippen molar-refractivity contribution in [2.45, 2.75) is 35.8 Å². The Hall–Kier alpha value is -2.87. The molecule has 3 aromatic carbocycles. The molecule has 0 unspecified atom stereocenters. The maximum Gasteiger partial charge on any atom is 0.237 e. The molecule has 1 saturated heterocycles. The monoisotopic (exact) mass is 508 g/mol. The maximum absolute atomic E-state index is 13.5. The summed E-state index contributed by atoms with van der Waals surface area (Å²) in [6.07, 6.45) is 1.29. The first kappa shape index (κ1) is 23.9. The van der Waals surface area contributed by atoms with Crippen LogP contribution in [0.5, 0.6) is 0 Å². The molecule has 0 bridgehead atoms. The first-order valence-electron chi connectivity index (χ1n) is 11.7. The standard InChI is InChI=1S/C27H26ClFN4OS/c28-22-9-2-1-7-19(22)16-33-17-21(35-27-31-23-10-3-4-11-24(23)32-27)15-25(33)26(34)30-13-12-18-6-5-8-20(29)14-18/h1-11,14,21,25H,12-13,15-17H2,(H,30,34)(H,31,32)/t21-,25+/m1/s1. The molecular weight excluding hydrogens is 483 g/mol. The Morgan fingerprint density at radius 2 is 1.97 bits per heavy atom. The lowest BCUT2D eigenvalue weighted by Crippen LogP contribution is -2.43. The van der Waals surface area contributed by atoms with Crippen LogP contribution in [-0.2, 0) is 17.8 Å². The lowest BCUT2D eigenvalue weighted by atomic mass is 10.1. The summed E-state index contributed by atoms with van der Waals surface area (Å²) in [6.45, 7) is 1.80. The molecule has 2 heterocycles. The van der Waals surface area contributed by atoms with Crippen LogP contribution in [-0.4, -0.2) is 45.2 Å².